The van der Waals surface area contributed by atoms with E-state index in [9.17, 15) is 9.59 Å². The Morgan fingerprint density at radius 3 is 2.35 bits per heavy atom. The molecular formula is C29H21N3O3S2. The number of hydrogen-bond acceptors (Lipinski definition) is 7. The third-order valence-corrected chi connectivity index (χ3v) is 8.49. The summed E-state index contributed by atoms with van der Waals surface area (Å²) >= 11 is 2.72. The minimum atomic E-state index is -0.558. The number of rotatable bonds is 4. The van der Waals surface area contributed by atoms with Gasteiger partial charge in [-0.1, -0.05) is 72.8 Å². The monoisotopic (exact) mass is 523 g/mol. The number of thiazole rings is 2. The van der Waals surface area contributed by atoms with E-state index in [0.29, 0.717) is 25.3 Å². The molecule has 6 nitrogen and oxygen atoms in total. The van der Waals surface area contributed by atoms with Crippen LogP contribution < -0.4 is 20.5 Å². The average molecular weight is 524 g/mol. The smallest absolute Gasteiger partial charge is 0.337 e. The van der Waals surface area contributed by atoms with Crippen LogP contribution in [0, 0.1) is 0 Å². The standard InChI is InChI=1S/C29H21N3O3S2/c1-35-29(34)24-22(18-12-6-3-7-13-18)23(26-31-19-14-8-9-15-20(19)36-26)25(30)32-27(33)21(37-28(24)32)16-17-10-4-2-5-11-17/h2-16,22H,30H2,1H3/t22-/m0/s1. The van der Waals surface area contributed by atoms with Gasteiger partial charge >= 0.3 is 5.97 Å². The zero-order chi connectivity index (χ0) is 25.5. The summed E-state index contributed by atoms with van der Waals surface area (Å²) in [6.45, 7) is 0. The van der Waals surface area contributed by atoms with E-state index in [0.717, 1.165) is 21.3 Å². The molecule has 5 aromatic rings. The van der Waals surface area contributed by atoms with Gasteiger partial charge in [-0.15, -0.1) is 22.7 Å². The number of ether oxygens (including phenoxy) is 1. The highest BCUT2D eigenvalue weighted by Crippen LogP contribution is 2.44. The molecule has 0 fully saturated rings. The number of hydrogen-bond donors (Lipinski definition) is 1. The van der Waals surface area contributed by atoms with Gasteiger partial charge in [0.25, 0.3) is 5.56 Å². The predicted octanol–water partition coefficient (Wildman–Crippen LogP) is 3.75. The van der Waals surface area contributed by atoms with E-state index in [2.05, 4.69) is 0 Å². The molecule has 1 aliphatic rings. The molecule has 3 aromatic carbocycles. The number of para-hydroxylation sites is 1. The van der Waals surface area contributed by atoms with Crippen LogP contribution in [0.5, 0.6) is 0 Å². The van der Waals surface area contributed by atoms with Gasteiger partial charge in [0.15, 0.2) is 0 Å². The molecule has 0 aliphatic carbocycles. The number of nitrogens with zero attached hydrogens (tertiary/aromatic N) is 2. The molecule has 0 bridgehead atoms. The Bertz CT molecular complexity index is 1830. The molecule has 0 spiro atoms. The highest BCUT2D eigenvalue weighted by atomic mass is 32.1. The maximum atomic E-state index is 13.7. The average Bonchev–Trinajstić information content (AvgIpc) is 3.50. The largest absolute Gasteiger partial charge is 0.466 e. The molecular weight excluding hydrogens is 502 g/mol. The highest BCUT2D eigenvalue weighted by molar-refractivity contribution is 7.19. The van der Waals surface area contributed by atoms with Gasteiger partial charge in [0.05, 0.1) is 33.3 Å². The van der Waals surface area contributed by atoms with Crippen molar-refractivity contribution in [3.05, 3.63) is 121 Å². The molecule has 0 amide bonds. The maximum Gasteiger partial charge on any atom is 0.337 e. The van der Waals surface area contributed by atoms with Crippen molar-refractivity contribution in [1.82, 2.24) is 9.55 Å². The normalized spacial score (nSPS) is 15.8. The quantitative estimate of drug-likeness (QED) is 0.363. The first-order chi connectivity index (χ1) is 18.1. The van der Waals surface area contributed by atoms with Gasteiger partial charge in [0.2, 0.25) is 0 Å². The summed E-state index contributed by atoms with van der Waals surface area (Å²) in [7, 11) is 1.35. The van der Waals surface area contributed by atoms with E-state index in [4.69, 9.17) is 15.5 Å². The summed E-state index contributed by atoms with van der Waals surface area (Å²) in [6, 6.07) is 27.1. The lowest BCUT2D eigenvalue weighted by Crippen LogP contribution is -2.39. The van der Waals surface area contributed by atoms with Crippen LogP contribution in [0.1, 0.15) is 22.1 Å². The lowest BCUT2D eigenvalue weighted by molar-refractivity contribution is -0.134. The topological polar surface area (TPSA) is 87.2 Å². The van der Waals surface area contributed by atoms with Crippen LogP contribution in [0.15, 0.2) is 89.7 Å². The van der Waals surface area contributed by atoms with E-state index < -0.39 is 11.9 Å². The number of aromatic nitrogens is 2. The van der Waals surface area contributed by atoms with Gasteiger partial charge in [0, 0.05) is 5.57 Å². The minimum absolute atomic E-state index is 0.268. The van der Waals surface area contributed by atoms with Crippen LogP contribution in [0.3, 0.4) is 0 Å². The Hall–Kier alpha value is -4.27. The number of allylic oxidation sites excluding steroid dienone is 1. The Morgan fingerprint density at radius 2 is 1.65 bits per heavy atom. The zero-order valence-corrected chi connectivity index (χ0v) is 21.4. The molecule has 0 radical (unpaired) electrons. The number of esters is 1. The summed E-state index contributed by atoms with van der Waals surface area (Å²) in [5.41, 5.74) is 10.1. The van der Waals surface area contributed by atoms with Crippen molar-refractivity contribution < 1.29 is 9.53 Å². The maximum absolute atomic E-state index is 13.7. The summed E-state index contributed by atoms with van der Waals surface area (Å²) in [5.74, 6) is -0.803. The van der Waals surface area contributed by atoms with Gasteiger partial charge in [-0.3, -0.25) is 9.36 Å². The van der Waals surface area contributed by atoms with Gasteiger partial charge < -0.3 is 10.5 Å². The molecule has 37 heavy (non-hydrogen) atoms. The second kappa shape index (κ2) is 9.31. The van der Waals surface area contributed by atoms with Crippen LogP contribution in [-0.4, -0.2) is 22.6 Å². The fourth-order valence-electron chi connectivity index (χ4n) is 4.63. The zero-order valence-electron chi connectivity index (χ0n) is 19.8. The van der Waals surface area contributed by atoms with E-state index in [1.54, 1.807) is 0 Å². The van der Waals surface area contributed by atoms with Crippen molar-refractivity contribution in [3.8, 4) is 0 Å². The number of methoxy groups -OCH3 is 1. The Kier molecular flexibility index (Phi) is 5.82. The number of nitrogens with two attached hydrogens (primary N) is 1. The molecule has 0 saturated heterocycles. The third-order valence-electron chi connectivity index (χ3n) is 6.31. The molecule has 6 rings (SSSR count). The number of benzene rings is 3. The summed E-state index contributed by atoms with van der Waals surface area (Å²) in [5, 5.41) is 0.659. The molecule has 0 unspecified atom stereocenters. The SMILES string of the molecule is COC(=O)C1=c2sc(=Cc3ccccc3)c(=O)n2C(N)=C(c2nc3ccccc3s2)[C@@H]1c1ccccc1. The van der Waals surface area contributed by atoms with E-state index in [-0.39, 0.29) is 11.4 Å². The fourth-order valence-corrected chi connectivity index (χ4v) is 6.85. The van der Waals surface area contributed by atoms with E-state index in [1.165, 1.54) is 34.4 Å². The van der Waals surface area contributed by atoms with Crippen molar-refractivity contribution in [3.63, 3.8) is 0 Å². The Labute approximate surface area is 219 Å². The Morgan fingerprint density at radius 1 is 0.973 bits per heavy atom. The number of carbonyl (C=O) groups is 1. The minimum Gasteiger partial charge on any atom is -0.466 e. The van der Waals surface area contributed by atoms with E-state index >= 15 is 0 Å². The van der Waals surface area contributed by atoms with Crippen LogP contribution >= 0.6 is 22.7 Å². The van der Waals surface area contributed by atoms with Crippen molar-refractivity contribution in [2.75, 3.05) is 7.11 Å². The highest BCUT2D eigenvalue weighted by Gasteiger charge is 2.37. The molecule has 1 aliphatic heterocycles. The second-order valence-electron chi connectivity index (χ2n) is 8.50. The van der Waals surface area contributed by atoms with Crippen molar-refractivity contribution in [2.24, 2.45) is 5.73 Å². The molecule has 2 N–H and O–H groups in total. The third kappa shape index (κ3) is 3.91. The van der Waals surface area contributed by atoms with Crippen molar-refractivity contribution >= 4 is 61.9 Å². The van der Waals surface area contributed by atoms with Crippen molar-refractivity contribution in [2.45, 2.75) is 5.92 Å². The first kappa shape index (κ1) is 23.1. The van der Waals surface area contributed by atoms with Gasteiger partial charge in [0.1, 0.15) is 15.5 Å². The summed E-state index contributed by atoms with van der Waals surface area (Å²) in [6.07, 6.45) is 1.81. The second-order valence-corrected chi connectivity index (χ2v) is 10.6. The van der Waals surface area contributed by atoms with Gasteiger partial charge in [-0.2, -0.15) is 0 Å². The molecule has 8 heteroatoms. The van der Waals surface area contributed by atoms with Crippen LogP contribution in [0.2, 0.25) is 0 Å². The lowest BCUT2D eigenvalue weighted by Gasteiger charge is -2.27. The Balaban J connectivity index is 1.73. The summed E-state index contributed by atoms with van der Waals surface area (Å²) < 4.78 is 8.64. The van der Waals surface area contributed by atoms with Crippen molar-refractivity contribution in [1.29, 1.82) is 0 Å². The first-order valence-corrected chi connectivity index (χ1v) is 13.2. The number of fused-ring (bicyclic) bond motifs is 2. The van der Waals surface area contributed by atoms with Crippen LogP contribution in [0.25, 0.3) is 33.3 Å². The molecule has 1 atom stereocenters. The summed E-state index contributed by atoms with van der Waals surface area (Å²) in [4.78, 5) is 32.0. The van der Waals surface area contributed by atoms with Crippen LogP contribution in [0.4, 0.5) is 0 Å². The molecule has 182 valence electrons. The van der Waals surface area contributed by atoms with Gasteiger partial charge in [-0.25, -0.2) is 9.78 Å². The molecule has 0 saturated carbocycles. The molecule has 3 heterocycles. The lowest BCUT2D eigenvalue weighted by atomic mass is 9.83. The van der Waals surface area contributed by atoms with Crippen LogP contribution in [-0.2, 0) is 9.53 Å². The predicted molar refractivity (Wildman–Crippen MR) is 149 cm³/mol. The number of carbonyl (C=O) groups excluding carboxylic acids is 1. The fraction of sp³-hybridized carbons (Fsp3) is 0.0690. The van der Waals surface area contributed by atoms with E-state index in [1.807, 2.05) is 91.0 Å². The molecule has 2 aromatic heterocycles. The van der Waals surface area contributed by atoms with Gasteiger partial charge in [-0.05, 0) is 29.3 Å². The first-order valence-electron chi connectivity index (χ1n) is 11.6.